The molecule has 0 saturated carbocycles. The fourth-order valence-corrected chi connectivity index (χ4v) is 2.03. The number of amides is 1. The van der Waals surface area contributed by atoms with Gasteiger partial charge in [0.2, 0.25) is 5.91 Å². The van der Waals surface area contributed by atoms with Crippen molar-refractivity contribution in [3.05, 3.63) is 17.0 Å². The molecule has 4 heteroatoms. The Morgan fingerprint density at radius 1 is 1.39 bits per heavy atom. The first kappa shape index (κ1) is 14.7. The van der Waals surface area contributed by atoms with Gasteiger partial charge in [-0.2, -0.15) is 5.10 Å². The monoisotopic (exact) mass is 251 g/mol. The Labute approximate surface area is 110 Å². The molecule has 0 saturated heterocycles. The number of nitrogens with one attached hydrogen (secondary N) is 1. The molecule has 0 spiro atoms. The second-order valence-electron chi connectivity index (χ2n) is 5.34. The fraction of sp³-hybridized carbons (Fsp3) is 0.714. The van der Waals surface area contributed by atoms with Crippen LogP contribution in [0, 0.1) is 19.8 Å². The van der Waals surface area contributed by atoms with Gasteiger partial charge in [-0.15, -0.1) is 0 Å². The van der Waals surface area contributed by atoms with E-state index in [0.717, 1.165) is 36.3 Å². The van der Waals surface area contributed by atoms with E-state index in [1.807, 2.05) is 25.6 Å². The van der Waals surface area contributed by atoms with Crippen molar-refractivity contribution in [2.24, 2.45) is 13.0 Å². The van der Waals surface area contributed by atoms with Crippen molar-refractivity contribution in [2.75, 3.05) is 6.54 Å². The Balaban J connectivity index is 2.40. The molecule has 0 atom stereocenters. The van der Waals surface area contributed by atoms with E-state index in [-0.39, 0.29) is 5.91 Å². The van der Waals surface area contributed by atoms with E-state index in [0.29, 0.717) is 12.3 Å². The van der Waals surface area contributed by atoms with Crippen LogP contribution in [0.15, 0.2) is 0 Å². The number of hydrogen-bond donors (Lipinski definition) is 1. The van der Waals surface area contributed by atoms with Gasteiger partial charge < -0.3 is 5.32 Å². The highest BCUT2D eigenvalue weighted by molar-refractivity contribution is 5.79. The third-order valence-corrected chi connectivity index (χ3v) is 3.28. The Morgan fingerprint density at radius 3 is 2.56 bits per heavy atom. The normalized spacial score (nSPS) is 11.0. The van der Waals surface area contributed by atoms with Crippen LogP contribution in [0.2, 0.25) is 0 Å². The van der Waals surface area contributed by atoms with Crippen molar-refractivity contribution in [1.82, 2.24) is 15.1 Å². The summed E-state index contributed by atoms with van der Waals surface area (Å²) >= 11 is 0. The lowest BCUT2D eigenvalue weighted by Crippen LogP contribution is -2.26. The molecule has 1 aromatic rings. The van der Waals surface area contributed by atoms with Crippen LogP contribution >= 0.6 is 0 Å². The van der Waals surface area contributed by atoms with Crippen LogP contribution in [0.3, 0.4) is 0 Å². The SMILES string of the molecule is Cc1nn(C)c(C)c1CC(=O)NCCCC(C)C. The Morgan fingerprint density at radius 2 is 2.06 bits per heavy atom. The van der Waals surface area contributed by atoms with Crippen LogP contribution in [-0.4, -0.2) is 22.2 Å². The first-order valence-corrected chi connectivity index (χ1v) is 6.67. The molecule has 0 bridgehead atoms. The molecule has 1 aromatic heterocycles. The van der Waals surface area contributed by atoms with E-state index >= 15 is 0 Å². The molecule has 0 fully saturated rings. The number of carbonyl (C=O) groups excluding carboxylic acids is 1. The van der Waals surface area contributed by atoms with Crippen molar-refractivity contribution in [3.63, 3.8) is 0 Å². The summed E-state index contributed by atoms with van der Waals surface area (Å²) in [5.41, 5.74) is 3.08. The summed E-state index contributed by atoms with van der Waals surface area (Å²) in [6.07, 6.45) is 2.65. The third-order valence-electron chi connectivity index (χ3n) is 3.28. The Kier molecular flexibility index (Phi) is 5.38. The summed E-state index contributed by atoms with van der Waals surface area (Å²) in [5, 5.41) is 7.29. The highest BCUT2D eigenvalue weighted by Gasteiger charge is 2.12. The molecular formula is C14H25N3O. The lowest BCUT2D eigenvalue weighted by Gasteiger charge is -2.07. The highest BCUT2D eigenvalue weighted by atomic mass is 16.1. The average molecular weight is 251 g/mol. The summed E-state index contributed by atoms with van der Waals surface area (Å²) in [7, 11) is 1.91. The summed E-state index contributed by atoms with van der Waals surface area (Å²) in [4.78, 5) is 11.8. The van der Waals surface area contributed by atoms with Crippen LogP contribution in [0.25, 0.3) is 0 Å². The van der Waals surface area contributed by atoms with E-state index in [9.17, 15) is 4.79 Å². The number of aromatic nitrogens is 2. The van der Waals surface area contributed by atoms with Crippen molar-refractivity contribution < 1.29 is 4.79 Å². The fourth-order valence-electron chi connectivity index (χ4n) is 2.03. The van der Waals surface area contributed by atoms with E-state index in [2.05, 4.69) is 24.3 Å². The summed E-state index contributed by atoms with van der Waals surface area (Å²) in [6.45, 7) is 9.12. The smallest absolute Gasteiger partial charge is 0.224 e. The zero-order valence-electron chi connectivity index (χ0n) is 12.2. The minimum atomic E-state index is 0.0953. The second kappa shape index (κ2) is 6.57. The first-order valence-electron chi connectivity index (χ1n) is 6.67. The zero-order valence-corrected chi connectivity index (χ0v) is 12.2. The molecule has 0 aliphatic rings. The summed E-state index contributed by atoms with van der Waals surface area (Å²) in [6, 6.07) is 0. The van der Waals surface area contributed by atoms with Crippen LogP contribution < -0.4 is 5.32 Å². The number of rotatable bonds is 6. The molecule has 18 heavy (non-hydrogen) atoms. The number of carbonyl (C=O) groups is 1. The standard InChI is InChI=1S/C14H25N3O/c1-10(2)7-6-8-15-14(18)9-13-11(3)16-17(5)12(13)4/h10H,6-9H2,1-5H3,(H,15,18). The van der Waals surface area contributed by atoms with Crippen molar-refractivity contribution in [2.45, 2.75) is 47.0 Å². The second-order valence-corrected chi connectivity index (χ2v) is 5.34. The Hall–Kier alpha value is -1.32. The van der Waals surface area contributed by atoms with Gasteiger partial charge >= 0.3 is 0 Å². The van der Waals surface area contributed by atoms with Crippen molar-refractivity contribution in [3.8, 4) is 0 Å². The number of hydrogen-bond acceptors (Lipinski definition) is 2. The lowest BCUT2D eigenvalue weighted by molar-refractivity contribution is -0.120. The van der Waals surface area contributed by atoms with E-state index in [1.165, 1.54) is 0 Å². The molecule has 4 nitrogen and oxygen atoms in total. The topological polar surface area (TPSA) is 46.9 Å². The van der Waals surface area contributed by atoms with Gasteiger partial charge in [-0.25, -0.2) is 0 Å². The van der Waals surface area contributed by atoms with Gasteiger partial charge in [0.15, 0.2) is 0 Å². The van der Waals surface area contributed by atoms with E-state index in [1.54, 1.807) is 0 Å². The quantitative estimate of drug-likeness (QED) is 0.787. The zero-order chi connectivity index (χ0) is 13.7. The van der Waals surface area contributed by atoms with Crippen LogP contribution in [-0.2, 0) is 18.3 Å². The molecule has 1 heterocycles. The molecule has 102 valence electrons. The molecule has 1 amide bonds. The molecule has 0 aliphatic carbocycles. The minimum absolute atomic E-state index is 0.0953. The first-order chi connectivity index (χ1) is 8.41. The van der Waals surface area contributed by atoms with Gasteiger partial charge in [0.1, 0.15) is 0 Å². The summed E-state index contributed by atoms with van der Waals surface area (Å²) < 4.78 is 1.83. The number of aryl methyl sites for hydroxylation is 2. The van der Waals surface area contributed by atoms with E-state index in [4.69, 9.17) is 0 Å². The van der Waals surface area contributed by atoms with Crippen molar-refractivity contribution >= 4 is 5.91 Å². The molecule has 0 aromatic carbocycles. The number of nitrogens with zero attached hydrogens (tertiary/aromatic N) is 2. The van der Waals surface area contributed by atoms with Crippen LogP contribution in [0.1, 0.15) is 43.6 Å². The molecule has 1 rings (SSSR count). The predicted molar refractivity (Wildman–Crippen MR) is 73.5 cm³/mol. The largest absolute Gasteiger partial charge is 0.356 e. The molecule has 0 radical (unpaired) electrons. The maximum absolute atomic E-state index is 11.8. The van der Waals surface area contributed by atoms with Gasteiger partial charge in [0.25, 0.3) is 0 Å². The van der Waals surface area contributed by atoms with Gasteiger partial charge in [0.05, 0.1) is 12.1 Å². The van der Waals surface area contributed by atoms with Gasteiger partial charge in [-0.1, -0.05) is 13.8 Å². The minimum Gasteiger partial charge on any atom is -0.356 e. The molecule has 1 N–H and O–H groups in total. The lowest BCUT2D eigenvalue weighted by atomic mass is 10.1. The van der Waals surface area contributed by atoms with Crippen LogP contribution in [0.5, 0.6) is 0 Å². The summed E-state index contributed by atoms with van der Waals surface area (Å²) in [5.74, 6) is 0.794. The molecular weight excluding hydrogens is 226 g/mol. The van der Waals surface area contributed by atoms with Gasteiger partial charge in [-0.3, -0.25) is 9.48 Å². The van der Waals surface area contributed by atoms with Crippen molar-refractivity contribution in [1.29, 1.82) is 0 Å². The average Bonchev–Trinajstić information content (AvgIpc) is 2.51. The molecule has 0 aliphatic heterocycles. The molecule has 0 unspecified atom stereocenters. The van der Waals surface area contributed by atoms with Gasteiger partial charge in [0, 0.05) is 24.8 Å². The third kappa shape index (κ3) is 4.17. The maximum Gasteiger partial charge on any atom is 0.224 e. The predicted octanol–water partition coefficient (Wildman–Crippen LogP) is 2.13. The van der Waals surface area contributed by atoms with E-state index < -0.39 is 0 Å². The van der Waals surface area contributed by atoms with Crippen LogP contribution in [0.4, 0.5) is 0 Å². The maximum atomic E-state index is 11.8. The highest BCUT2D eigenvalue weighted by Crippen LogP contribution is 2.12. The van der Waals surface area contributed by atoms with Gasteiger partial charge in [-0.05, 0) is 32.6 Å². The Bertz CT molecular complexity index is 407.